The summed E-state index contributed by atoms with van der Waals surface area (Å²) in [5.74, 6) is 1.35. The van der Waals surface area contributed by atoms with Gasteiger partial charge in [-0.1, -0.05) is 18.2 Å². The molecule has 0 aliphatic rings. The Bertz CT molecular complexity index is 770. The zero-order valence-electron chi connectivity index (χ0n) is 11.4. The van der Waals surface area contributed by atoms with Crippen LogP contribution in [0.5, 0.6) is 0 Å². The highest BCUT2D eigenvalue weighted by molar-refractivity contribution is 5.91. The van der Waals surface area contributed by atoms with Crippen LogP contribution in [-0.2, 0) is 18.4 Å². The van der Waals surface area contributed by atoms with Gasteiger partial charge in [0.05, 0.1) is 12.1 Å². The first-order valence-corrected chi connectivity index (χ1v) is 6.40. The summed E-state index contributed by atoms with van der Waals surface area (Å²) >= 11 is 0. The highest BCUT2D eigenvalue weighted by Crippen LogP contribution is 2.28. The van der Waals surface area contributed by atoms with Crippen molar-refractivity contribution in [2.45, 2.75) is 13.5 Å². The monoisotopic (exact) mass is 269 g/mol. The van der Waals surface area contributed by atoms with E-state index in [0.29, 0.717) is 18.1 Å². The summed E-state index contributed by atoms with van der Waals surface area (Å²) in [7, 11) is 1.91. The van der Waals surface area contributed by atoms with E-state index in [4.69, 9.17) is 4.42 Å². The number of nitrogens with one attached hydrogen (secondary N) is 1. The van der Waals surface area contributed by atoms with Crippen LogP contribution < -0.4 is 5.32 Å². The number of aryl methyl sites for hydroxylation is 1. The number of fused-ring (bicyclic) bond motifs is 1. The second-order valence-electron chi connectivity index (χ2n) is 4.67. The van der Waals surface area contributed by atoms with E-state index in [9.17, 15) is 4.79 Å². The largest absolute Gasteiger partial charge is 0.457 e. The average Bonchev–Trinajstić information content (AvgIpc) is 3.02. The third-order valence-corrected chi connectivity index (χ3v) is 3.16. The van der Waals surface area contributed by atoms with Crippen molar-refractivity contribution in [3.63, 3.8) is 0 Å². The summed E-state index contributed by atoms with van der Waals surface area (Å²) in [5, 5.41) is 8.27. The lowest BCUT2D eigenvalue weighted by molar-refractivity contribution is -0.119. The van der Waals surface area contributed by atoms with Crippen LogP contribution in [0.1, 0.15) is 12.7 Å². The molecule has 0 bridgehead atoms. The van der Waals surface area contributed by atoms with Crippen molar-refractivity contribution in [1.82, 2.24) is 15.1 Å². The molecule has 0 saturated carbocycles. The molecule has 0 aliphatic heterocycles. The van der Waals surface area contributed by atoms with Crippen molar-refractivity contribution >= 4 is 16.8 Å². The Morgan fingerprint density at radius 3 is 2.90 bits per heavy atom. The molecule has 0 atom stereocenters. The number of hydrogen-bond donors (Lipinski definition) is 1. The van der Waals surface area contributed by atoms with E-state index < -0.39 is 0 Å². The number of carbonyl (C=O) groups is 1. The smallest absolute Gasteiger partial charge is 0.217 e. The van der Waals surface area contributed by atoms with E-state index in [1.807, 2.05) is 48.1 Å². The van der Waals surface area contributed by atoms with Crippen molar-refractivity contribution in [1.29, 1.82) is 0 Å². The number of amides is 1. The zero-order chi connectivity index (χ0) is 14.1. The lowest BCUT2D eigenvalue weighted by Crippen LogP contribution is -2.18. The van der Waals surface area contributed by atoms with Gasteiger partial charge in [0, 0.05) is 19.4 Å². The number of furan rings is 1. The van der Waals surface area contributed by atoms with E-state index in [-0.39, 0.29) is 5.91 Å². The molecule has 2 aromatic heterocycles. The third-order valence-electron chi connectivity index (χ3n) is 3.16. The van der Waals surface area contributed by atoms with Crippen molar-refractivity contribution in [3.8, 4) is 11.5 Å². The second kappa shape index (κ2) is 4.85. The maximum atomic E-state index is 10.9. The van der Waals surface area contributed by atoms with E-state index >= 15 is 0 Å². The number of rotatable bonds is 3. The Morgan fingerprint density at radius 1 is 1.30 bits per heavy atom. The summed E-state index contributed by atoms with van der Waals surface area (Å²) in [6, 6.07) is 11.7. The summed E-state index contributed by atoms with van der Waals surface area (Å²) in [6.45, 7) is 1.87. The molecule has 3 rings (SSSR count). The highest BCUT2D eigenvalue weighted by Gasteiger charge is 2.13. The van der Waals surface area contributed by atoms with Gasteiger partial charge in [0.2, 0.25) is 5.91 Å². The Kier molecular flexibility index (Phi) is 3.02. The van der Waals surface area contributed by atoms with E-state index in [1.165, 1.54) is 6.92 Å². The van der Waals surface area contributed by atoms with Gasteiger partial charge >= 0.3 is 0 Å². The van der Waals surface area contributed by atoms with Crippen LogP contribution in [0.15, 0.2) is 40.8 Å². The Labute approximate surface area is 116 Å². The van der Waals surface area contributed by atoms with Crippen LogP contribution >= 0.6 is 0 Å². The van der Waals surface area contributed by atoms with E-state index in [2.05, 4.69) is 10.4 Å². The van der Waals surface area contributed by atoms with E-state index in [0.717, 1.165) is 16.6 Å². The van der Waals surface area contributed by atoms with Gasteiger partial charge in [0.1, 0.15) is 11.5 Å². The normalized spacial score (nSPS) is 10.9. The Balaban J connectivity index is 1.97. The molecule has 5 nitrogen and oxygen atoms in total. The molecule has 0 spiro atoms. The Morgan fingerprint density at radius 2 is 2.10 bits per heavy atom. The molecule has 3 aromatic rings. The van der Waals surface area contributed by atoms with Crippen LogP contribution in [0.25, 0.3) is 22.4 Å². The van der Waals surface area contributed by atoms with E-state index in [1.54, 1.807) is 0 Å². The zero-order valence-corrected chi connectivity index (χ0v) is 11.4. The van der Waals surface area contributed by atoms with Crippen LogP contribution in [0.3, 0.4) is 0 Å². The molecule has 0 aliphatic carbocycles. The maximum Gasteiger partial charge on any atom is 0.217 e. The van der Waals surface area contributed by atoms with Crippen molar-refractivity contribution in [3.05, 3.63) is 42.2 Å². The SMILES string of the molecule is CC(=O)NCc1ccc(-c2nn(C)c3ccccc23)o1. The standard InChI is InChI=1S/C15H15N3O2/c1-10(19)16-9-11-7-8-14(20-11)15-12-5-3-4-6-13(12)18(2)17-15/h3-8H,9H2,1-2H3,(H,16,19). The maximum absolute atomic E-state index is 10.9. The topological polar surface area (TPSA) is 60.1 Å². The fourth-order valence-corrected chi connectivity index (χ4v) is 2.21. The van der Waals surface area contributed by atoms with Gasteiger partial charge in [0.25, 0.3) is 0 Å². The first-order valence-electron chi connectivity index (χ1n) is 6.40. The highest BCUT2D eigenvalue weighted by atomic mass is 16.3. The summed E-state index contributed by atoms with van der Waals surface area (Å²) in [4.78, 5) is 10.9. The van der Waals surface area contributed by atoms with Crippen LogP contribution in [-0.4, -0.2) is 15.7 Å². The molecule has 102 valence electrons. The van der Waals surface area contributed by atoms with Gasteiger partial charge in [-0.05, 0) is 18.2 Å². The van der Waals surface area contributed by atoms with Gasteiger partial charge in [-0.15, -0.1) is 0 Å². The number of nitrogens with zero attached hydrogens (tertiary/aromatic N) is 2. The molecular weight excluding hydrogens is 254 g/mol. The van der Waals surface area contributed by atoms with Crippen molar-refractivity contribution in [2.75, 3.05) is 0 Å². The molecule has 0 radical (unpaired) electrons. The number of benzene rings is 1. The Hall–Kier alpha value is -2.56. The molecule has 20 heavy (non-hydrogen) atoms. The lowest BCUT2D eigenvalue weighted by Gasteiger charge is -1.97. The number of aromatic nitrogens is 2. The van der Waals surface area contributed by atoms with Crippen LogP contribution in [0, 0.1) is 0 Å². The third kappa shape index (κ3) is 2.18. The van der Waals surface area contributed by atoms with Crippen molar-refractivity contribution < 1.29 is 9.21 Å². The number of carbonyl (C=O) groups excluding carboxylic acids is 1. The minimum absolute atomic E-state index is 0.0776. The number of hydrogen-bond acceptors (Lipinski definition) is 3. The van der Waals surface area contributed by atoms with Crippen LogP contribution in [0.4, 0.5) is 0 Å². The van der Waals surface area contributed by atoms with Crippen LogP contribution in [0.2, 0.25) is 0 Å². The molecule has 1 N–H and O–H groups in total. The predicted molar refractivity (Wildman–Crippen MR) is 75.9 cm³/mol. The van der Waals surface area contributed by atoms with Crippen molar-refractivity contribution in [2.24, 2.45) is 7.05 Å². The van der Waals surface area contributed by atoms with Gasteiger partial charge in [0.15, 0.2) is 5.76 Å². The molecule has 1 aromatic carbocycles. The summed E-state index contributed by atoms with van der Waals surface area (Å²) < 4.78 is 7.58. The lowest BCUT2D eigenvalue weighted by atomic mass is 10.2. The first kappa shape index (κ1) is 12.5. The quantitative estimate of drug-likeness (QED) is 0.794. The second-order valence-corrected chi connectivity index (χ2v) is 4.67. The average molecular weight is 269 g/mol. The van der Waals surface area contributed by atoms with Gasteiger partial charge in [-0.3, -0.25) is 9.48 Å². The van der Waals surface area contributed by atoms with Gasteiger partial charge < -0.3 is 9.73 Å². The van der Waals surface area contributed by atoms with Gasteiger partial charge in [-0.2, -0.15) is 5.10 Å². The fourth-order valence-electron chi connectivity index (χ4n) is 2.21. The molecule has 1 amide bonds. The predicted octanol–water partition coefficient (Wildman–Crippen LogP) is 2.47. The minimum Gasteiger partial charge on any atom is -0.457 e. The first-order chi connectivity index (χ1) is 9.65. The molecule has 2 heterocycles. The summed E-state index contributed by atoms with van der Waals surface area (Å²) in [5.41, 5.74) is 1.87. The molecular formula is C15H15N3O2. The summed E-state index contributed by atoms with van der Waals surface area (Å²) in [6.07, 6.45) is 0. The fraction of sp³-hybridized carbons (Fsp3) is 0.200. The molecule has 0 fully saturated rings. The minimum atomic E-state index is -0.0776. The molecule has 0 saturated heterocycles. The number of para-hydroxylation sites is 1. The molecule has 0 unspecified atom stereocenters. The van der Waals surface area contributed by atoms with Gasteiger partial charge in [-0.25, -0.2) is 0 Å². The molecule has 5 heteroatoms.